The van der Waals surface area contributed by atoms with Gasteiger partial charge >= 0.3 is 0 Å². The molecule has 0 bridgehead atoms. The van der Waals surface area contributed by atoms with Crippen LogP contribution in [0, 0.1) is 5.92 Å². The highest BCUT2D eigenvalue weighted by molar-refractivity contribution is 14.0. The number of guanidine groups is 1. The predicted molar refractivity (Wildman–Crippen MR) is 116 cm³/mol. The molecule has 1 heterocycles. The van der Waals surface area contributed by atoms with Crippen LogP contribution in [0.2, 0.25) is 0 Å². The minimum Gasteiger partial charge on any atom is -0.379 e. The lowest BCUT2D eigenvalue weighted by molar-refractivity contribution is 0.00751. The van der Waals surface area contributed by atoms with Crippen molar-refractivity contribution in [3.63, 3.8) is 0 Å². The van der Waals surface area contributed by atoms with Crippen molar-refractivity contribution in [3.8, 4) is 0 Å². The Bertz CT molecular complexity index is 496. The average Bonchev–Trinajstić information content (AvgIpc) is 2.56. The van der Waals surface area contributed by atoms with Crippen LogP contribution in [0.25, 0.3) is 0 Å². The molecule has 0 amide bonds. The predicted octanol–water partition coefficient (Wildman–Crippen LogP) is 0.187. The van der Waals surface area contributed by atoms with Gasteiger partial charge in [-0.05, 0) is 5.92 Å². The zero-order chi connectivity index (χ0) is 18.7. The zero-order valence-electron chi connectivity index (χ0n) is 16.4. The van der Waals surface area contributed by atoms with Gasteiger partial charge in [-0.15, -0.1) is 24.0 Å². The molecule has 10 heteroatoms. The van der Waals surface area contributed by atoms with Crippen molar-refractivity contribution in [1.29, 1.82) is 0 Å². The van der Waals surface area contributed by atoms with Gasteiger partial charge in [0.25, 0.3) is 0 Å². The number of nitrogens with zero attached hydrogens (tertiary/aromatic N) is 2. The number of rotatable bonds is 10. The second-order valence-electron chi connectivity index (χ2n) is 6.58. The second-order valence-corrected chi connectivity index (χ2v) is 8.84. The van der Waals surface area contributed by atoms with Crippen LogP contribution < -0.4 is 10.6 Å². The van der Waals surface area contributed by atoms with Gasteiger partial charge in [-0.3, -0.25) is 9.89 Å². The lowest BCUT2D eigenvalue weighted by atomic mass is 10.0. The van der Waals surface area contributed by atoms with Gasteiger partial charge < -0.3 is 20.1 Å². The maximum Gasteiger partial charge on any atom is 0.191 e. The molecule has 0 aromatic rings. The Hall–Kier alpha value is -0.170. The highest BCUT2D eigenvalue weighted by Crippen LogP contribution is 2.12. The van der Waals surface area contributed by atoms with Crippen LogP contribution in [0.15, 0.2) is 4.99 Å². The molecule has 1 aliphatic heterocycles. The number of hydrogen-bond donors (Lipinski definition) is 2. The third kappa shape index (κ3) is 11.5. The lowest BCUT2D eigenvalue weighted by Gasteiger charge is -2.37. The SMILES string of the molecule is CN=C(NCCOCCS(C)(=O)=O)NCC(C(C)C)N1CCOCC1.I. The number of nitrogens with one attached hydrogen (secondary N) is 2. The van der Waals surface area contributed by atoms with Crippen LogP contribution in [-0.2, 0) is 19.3 Å². The summed E-state index contributed by atoms with van der Waals surface area (Å²) in [4.78, 5) is 6.68. The Kier molecular flexibility index (Phi) is 13.8. The van der Waals surface area contributed by atoms with E-state index in [9.17, 15) is 8.42 Å². The molecule has 26 heavy (non-hydrogen) atoms. The van der Waals surface area contributed by atoms with E-state index in [-0.39, 0.29) is 36.3 Å². The molecule has 1 fully saturated rings. The molecule has 1 atom stereocenters. The number of morpholine rings is 1. The topological polar surface area (TPSA) is 92.3 Å². The third-order valence-corrected chi connectivity index (χ3v) is 5.03. The van der Waals surface area contributed by atoms with Crippen LogP contribution in [0.4, 0.5) is 0 Å². The maximum absolute atomic E-state index is 11.0. The minimum absolute atomic E-state index is 0. The Morgan fingerprint density at radius 3 is 2.42 bits per heavy atom. The molecule has 0 aliphatic carbocycles. The summed E-state index contributed by atoms with van der Waals surface area (Å²) in [6.07, 6.45) is 1.21. The Balaban J connectivity index is 0.00000625. The van der Waals surface area contributed by atoms with Crippen molar-refractivity contribution >= 4 is 39.8 Å². The summed E-state index contributed by atoms with van der Waals surface area (Å²) in [6.45, 7) is 10.0. The average molecular weight is 506 g/mol. The van der Waals surface area contributed by atoms with Gasteiger partial charge in [0.05, 0.1) is 32.2 Å². The van der Waals surface area contributed by atoms with Crippen LogP contribution in [0.1, 0.15) is 13.8 Å². The van der Waals surface area contributed by atoms with E-state index >= 15 is 0 Å². The van der Waals surface area contributed by atoms with E-state index in [0.29, 0.717) is 25.1 Å². The van der Waals surface area contributed by atoms with Crippen LogP contribution in [-0.4, -0.2) is 97.0 Å². The fourth-order valence-corrected chi connectivity index (χ4v) is 3.09. The van der Waals surface area contributed by atoms with Crippen molar-refractivity contribution < 1.29 is 17.9 Å². The number of aliphatic imine (C=N–C) groups is 1. The summed E-state index contributed by atoms with van der Waals surface area (Å²) in [5, 5.41) is 6.55. The summed E-state index contributed by atoms with van der Waals surface area (Å²) < 4.78 is 32.8. The van der Waals surface area contributed by atoms with E-state index < -0.39 is 9.84 Å². The standard InChI is InChI=1S/C16H34N4O4S.HI/c1-14(2)15(20-6-9-24-10-7-20)13-19-16(17-3)18-5-8-23-11-12-25(4,21)22;/h14-15H,5-13H2,1-4H3,(H2,17,18,19);1H. The zero-order valence-corrected chi connectivity index (χ0v) is 19.5. The first-order valence-electron chi connectivity index (χ1n) is 8.85. The molecular weight excluding hydrogens is 471 g/mol. The van der Waals surface area contributed by atoms with Gasteiger partial charge in [0, 0.05) is 45.5 Å². The first-order valence-corrected chi connectivity index (χ1v) is 10.9. The summed E-state index contributed by atoms with van der Waals surface area (Å²) >= 11 is 0. The van der Waals surface area contributed by atoms with Gasteiger partial charge in [-0.25, -0.2) is 8.42 Å². The summed E-state index contributed by atoms with van der Waals surface area (Å²) in [5.74, 6) is 1.31. The molecule has 0 spiro atoms. The molecule has 0 radical (unpaired) electrons. The first kappa shape index (κ1) is 25.8. The molecule has 2 N–H and O–H groups in total. The van der Waals surface area contributed by atoms with Crippen molar-refractivity contribution in [1.82, 2.24) is 15.5 Å². The molecule has 1 aliphatic rings. The molecular formula is C16H35IN4O4S. The first-order chi connectivity index (χ1) is 11.8. The number of hydrogen-bond acceptors (Lipinski definition) is 6. The maximum atomic E-state index is 11.0. The second kappa shape index (κ2) is 13.9. The van der Waals surface area contributed by atoms with E-state index in [4.69, 9.17) is 9.47 Å². The Labute approximate surface area is 175 Å². The van der Waals surface area contributed by atoms with Gasteiger partial charge in [0.1, 0.15) is 9.84 Å². The molecule has 0 saturated carbocycles. The lowest BCUT2D eigenvalue weighted by Crippen LogP contribution is -2.52. The van der Waals surface area contributed by atoms with E-state index in [0.717, 1.165) is 38.8 Å². The Morgan fingerprint density at radius 1 is 1.23 bits per heavy atom. The number of ether oxygens (including phenoxy) is 2. The Morgan fingerprint density at radius 2 is 1.88 bits per heavy atom. The van der Waals surface area contributed by atoms with Crippen molar-refractivity contribution in [2.45, 2.75) is 19.9 Å². The monoisotopic (exact) mass is 506 g/mol. The van der Waals surface area contributed by atoms with Crippen LogP contribution in [0.5, 0.6) is 0 Å². The third-order valence-electron chi connectivity index (χ3n) is 4.12. The molecule has 8 nitrogen and oxygen atoms in total. The number of sulfone groups is 1. The van der Waals surface area contributed by atoms with E-state index in [1.807, 2.05) is 0 Å². The van der Waals surface area contributed by atoms with E-state index in [1.165, 1.54) is 6.26 Å². The normalized spacial score (nSPS) is 17.7. The van der Waals surface area contributed by atoms with Crippen molar-refractivity contribution in [3.05, 3.63) is 0 Å². The van der Waals surface area contributed by atoms with E-state index in [2.05, 4.69) is 34.4 Å². The highest BCUT2D eigenvalue weighted by atomic mass is 127. The molecule has 1 saturated heterocycles. The summed E-state index contributed by atoms with van der Waals surface area (Å²) in [7, 11) is -1.23. The quantitative estimate of drug-likeness (QED) is 0.189. The molecule has 0 aromatic carbocycles. The molecule has 156 valence electrons. The van der Waals surface area contributed by atoms with Gasteiger partial charge in [-0.2, -0.15) is 0 Å². The smallest absolute Gasteiger partial charge is 0.191 e. The fourth-order valence-electron chi connectivity index (χ4n) is 2.67. The minimum atomic E-state index is -2.96. The van der Waals surface area contributed by atoms with Crippen molar-refractivity contribution in [2.75, 3.05) is 71.7 Å². The van der Waals surface area contributed by atoms with Gasteiger partial charge in [0.15, 0.2) is 5.96 Å². The van der Waals surface area contributed by atoms with E-state index in [1.54, 1.807) is 7.05 Å². The summed E-state index contributed by atoms with van der Waals surface area (Å²) in [5.41, 5.74) is 0. The van der Waals surface area contributed by atoms with Gasteiger partial charge in [0.2, 0.25) is 0 Å². The van der Waals surface area contributed by atoms with Gasteiger partial charge in [-0.1, -0.05) is 13.8 Å². The molecule has 1 unspecified atom stereocenters. The largest absolute Gasteiger partial charge is 0.379 e. The van der Waals surface area contributed by atoms with Crippen LogP contribution >= 0.6 is 24.0 Å². The summed E-state index contributed by atoms with van der Waals surface area (Å²) in [6, 6.07) is 0.425. The van der Waals surface area contributed by atoms with Crippen molar-refractivity contribution in [2.24, 2.45) is 10.9 Å². The molecule has 0 aromatic heterocycles. The molecule has 1 rings (SSSR count). The highest BCUT2D eigenvalue weighted by Gasteiger charge is 2.23. The van der Waals surface area contributed by atoms with Crippen LogP contribution in [0.3, 0.4) is 0 Å². The fraction of sp³-hybridized carbons (Fsp3) is 0.938. The number of halogens is 1.